The summed E-state index contributed by atoms with van der Waals surface area (Å²) >= 11 is 3.21. The van der Waals surface area contributed by atoms with Crippen LogP contribution in [0.5, 0.6) is 0 Å². The molecule has 0 saturated carbocycles. The molecule has 0 atom stereocenters. The second-order valence-electron chi connectivity index (χ2n) is 5.64. The van der Waals surface area contributed by atoms with Gasteiger partial charge in [-0.1, -0.05) is 19.1 Å². The highest BCUT2D eigenvalue weighted by Crippen LogP contribution is 2.16. The van der Waals surface area contributed by atoms with E-state index in [0.717, 1.165) is 11.5 Å². The summed E-state index contributed by atoms with van der Waals surface area (Å²) in [5, 5.41) is 1.84. The summed E-state index contributed by atoms with van der Waals surface area (Å²) in [6.45, 7) is 2.39. The van der Waals surface area contributed by atoms with Gasteiger partial charge in [-0.3, -0.25) is 9.59 Å². The zero-order valence-corrected chi connectivity index (χ0v) is 15.7. The second kappa shape index (κ2) is 7.84. The summed E-state index contributed by atoms with van der Waals surface area (Å²) in [7, 11) is 1.71. The van der Waals surface area contributed by atoms with E-state index in [9.17, 15) is 9.59 Å². The summed E-state index contributed by atoms with van der Waals surface area (Å²) in [6.07, 6.45) is 0. The van der Waals surface area contributed by atoms with Crippen molar-refractivity contribution in [2.45, 2.75) is 19.2 Å². The lowest BCUT2D eigenvalue weighted by Crippen LogP contribution is -2.28. The van der Waals surface area contributed by atoms with Crippen molar-refractivity contribution in [2.24, 2.45) is 0 Å². The van der Waals surface area contributed by atoms with E-state index in [2.05, 4.69) is 16.9 Å². The molecule has 0 aliphatic carbocycles. The van der Waals surface area contributed by atoms with Crippen molar-refractivity contribution < 1.29 is 4.79 Å². The van der Waals surface area contributed by atoms with Crippen molar-refractivity contribution in [2.75, 3.05) is 12.8 Å². The normalized spacial score (nSPS) is 11.0. The Morgan fingerprint density at radius 3 is 2.76 bits per heavy atom. The van der Waals surface area contributed by atoms with E-state index in [1.54, 1.807) is 11.9 Å². The number of carbonyl (C=O) groups excluding carboxylic acids is 1. The van der Waals surface area contributed by atoms with Gasteiger partial charge in [0.2, 0.25) is 0 Å². The van der Waals surface area contributed by atoms with Crippen LogP contribution in [-0.4, -0.2) is 33.6 Å². The number of H-pyrrole nitrogens is 1. The molecule has 7 heteroatoms. The van der Waals surface area contributed by atoms with Gasteiger partial charge in [0.25, 0.3) is 11.5 Å². The highest BCUT2D eigenvalue weighted by molar-refractivity contribution is 7.98. The molecule has 3 rings (SSSR count). The van der Waals surface area contributed by atoms with Crippen LogP contribution in [0.1, 0.15) is 28.7 Å². The summed E-state index contributed by atoms with van der Waals surface area (Å²) in [5.74, 6) is 2.42. The number of fused-ring (bicyclic) bond motifs is 1. The Morgan fingerprint density at radius 1 is 1.28 bits per heavy atom. The summed E-state index contributed by atoms with van der Waals surface area (Å²) in [4.78, 5) is 33.3. The topological polar surface area (TPSA) is 66.1 Å². The molecule has 1 amide bonds. The number of benzene rings is 1. The van der Waals surface area contributed by atoms with Gasteiger partial charge in [0.15, 0.2) is 0 Å². The van der Waals surface area contributed by atoms with Gasteiger partial charge in [-0.15, -0.1) is 11.3 Å². The molecule has 25 heavy (non-hydrogen) atoms. The van der Waals surface area contributed by atoms with Crippen LogP contribution in [0.25, 0.3) is 10.2 Å². The molecule has 0 unspecified atom stereocenters. The number of thiophene rings is 1. The van der Waals surface area contributed by atoms with Crippen molar-refractivity contribution in [3.63, 3.8) is 0 Å². The van der Waals surface area contributed by atoms with Gasteiger partial charge in [-0.2, -0.15) is 11.8 Å². The predicted molar refractivity (Wildman–Crippen MR) is 104 cm³/mol. The standard InChI is InChI=1S/C18H19N3O2S2/c1-3-24-11-12-4-6-13(7-5-12)18(23)21(2)10-15-19-14-8-9-25-16(14)17(22)20-15/h4-9H,3,10-11H2,1-2H3,(H,19,20,22). The number of nitrogens with zero attached hydrogens (tertiary/aromatic N) is 2. The van der Waals surface area contributed by atoms with Crippen LogP contribution in [-0.2, 0) is 12.3 Å². The Balaban J connectivity index is 1.72. The van der Waals surface area contributed by atoms with Crippen LogP contribution >= 0.6 is 23.1 Å². The average Bonchev–Trinajstić information content (AvgIpc) is 3.09. The van der Waals surface area contributed by atoms with Crippen molar-refractivity contribution in [3.05, 3.63) is 63.0 Å². The zero-order valence-electron chi connectivity index (χ0n) is 14.1. The number of hydrogen-bond acceptors (Lipinski definition) is 5. The average molecular weight is 374 g/mol. The van der Waals surface area contributed by atoms with Crippen LogP contribution < -0.4 is 5.56 Å². The van der Waals surface area contributed by atoms with Crippen LogP contribution in [0, 0.1) is 0 Å². The molecule has 1 aromatic carbocycles. The van der Waals surface area contributed by atoms with Gasteiger partial charge in [-0.05, 0) is 34.9 Å². The molecule has 0 bridgehead atoms. The Morgan fingerprint density at radius 2 is 2.04 bits per heavy atom. The number of aromatic amines is 1. The maximum absolute atomic E-state index is 12.6. The van der Waals surface area contributed by atoms with Gasteiger partial charge in [0.05, 0.1) is 12.1 Å². The smallest absolute Gasteiger partial charge is 0.268 e. The quantitative estimate of drug-likeness (QED) is 0.718. The van der Waals surface area contributed by atoms with Gasteiger partial charge >= 0.3 is 0 Å². The van der Waals surface area contributed by atoms with Gasteiger partial charge in [-0.25, -0.2) is 4.98 Å². The lowest BCUT2D eigenvalue weighted by molar-refractivity contribution is 0.0781. The molecule has 0 aliphatic rings. The molecule has 0 radical (unpaired) electrons. The molecular weight excluding hydrogens is 354 g/mol. The van der Waals surface area contributed by atoms with E-state index in [1.807, 2.05) is 47.5 Å². The van der Waals surface area contributed by atoms with E-state index < -0.39 is 0 Å². The van der Waals surface area contributed by atoms with E-state index in [0.29, 0.717) is 21.6 Å². The number of thioether (sulfide) groups is 1. The van der Waals surface area contributed by atoms with Crippen LogP contribution in [0.3, 0.4) is 0 Å². The lowest BCUT2D eigenvalue weighted by atomic mass is 10.1. The Hall–Kier alpha value is -2.12. The van der Waals surface area contributed by atoms with E-state index in [-0.39, 0.29) is 18.0 Å². The molecule has 3 aromatic rings. The predicted octanol–water partition coefficient (Wildman–Crippen LogP) is 3.51. The molecule has 0 aliphatic heterocycles. The fraction of sp³-hybridized carbons (Fsp3) is 0.278. The van der Waals surface area contributed by atoms with Crippen LogP contribution in [0.15, 0.2) is 40.5 Å². The first-order valence-electron chi connectivity index (χ1n) is 7.97. The van der Waals surface area contributed by atoms with E-state index in [4.69, 9.17) is 0 Å². The SMILES string of the molecule is CCSCc1ccc(C(=O)N(C)Cc2nc3ccsc3c(=O)[nH]2)cc1. The largest absolute Gasteiger partial charge is 0.334 e. The molecule has 0 spiro atoms. The first-order valence-corrected chi connectivity index (χ1v) is 10.0. The van der Waals surface area contributed by atoms with Crippen molar-refractivity contribution in [1.29, 1.82) is 0 Å². The fourth-order valence-electron chi connectivity index (χ4n) is 2.48. The zero-order chi connectivity index (χ0) is 17.8. The Labute approximate surface area is 154 Å². The van der Waals surface area contributed by atoms with Gasteiger partial charge in [0, 0.05) is 18.4 Å². The molecule has 2 aromatic heterocycles. The third kappa shape index (κ3) is 4.11. The molecule has 0 saturated heterocycles. The summed E-state index contributed by atoms with van der Waals surface area (Å²) in [5.41, 5.74) is 2.35. The molecular formula is C18H19N3O2S2. The number of amides is 1. The summed E-state index contributed by atoms with van der Waals surface area (Å²) < 4.78 is 0.610. The number of aromatic nitrogens is 2. The number of rotatable bonds is 6. The van der Waals surface area contributed by atoms with Crippen LogP contribution in [0.2, 0.25) is 0 Å². The molecule has 5 nitrogen and oxygen atoms in total. The van der Waals surface area contributed by atoms with Crippen LogP contribution in [0.4, 0.5) is 0 Å². The lowest BCUT2D eigenvalue weighted by Gasteiger charge is -2.16. The van der Waals surface area contributed by atoms with Gasteiger partial charge in [0.1, 0.15) is 10.5 Å². The minimum Gasteiger partial charge on any atom is -0.334 e. The third-order valence-electron chi connectivity index (χ3n) is 3.77. The van der Waals surface area contributed by atoms with Gasteiger partial charge < -0.3 is 9.88 Å². The van der Waals surface area contributed by atoms with Crippen molar-refractivity contribution in [3.8, 4) is 0 Å². The summed E-state index contributed by atoms with van der Waals surface area (Å²) in [6, 6.07) is 9.49. The highest BCUT2D eigenvalue weighted by atomic mass is 32.2. The highest BCUT2D eigenvalue weighted by Gasteiger charge is 2.14. The maximum atomic E-state index is 12.6. The van der Waals surface area contributed by atoms with Crippen molar-refractivity contribution in [1.82, 2.24) is 14.9 Å². The number of hydrogen-bond donors (Lipinski definition) is 1. The Kier molecular flexibility index (Phi) is 5.55. The molecule has 0 fully saturated rings. The second-order valence-corrected chi connectivity index (χ2v) is 7.83. The first-order chi connectivity index (χ1) is 12.1. The Bertz CT molecular complexity index is 931. The molecule has 2 heterocycles. The number of carbonyl (C=O) groups is 1. The first kappa shape index (κ1) is 17.7. The van der Waals surface area contributed by atoms with E-state index >= 15 is 0 Å². The van der Waals surface area contributed by atoms with Crippen molar-refractivity contribution >= 4 is 39.2 Å². The number of nitrogens with one attached hydrogen (secondary N) is 1. The fourth-order valence-corrected chi connectivity index (χ4v) is 3.83. The molecule has 1 N–H and O–H groups in total. The minimum atomic E-state index is -0.159. The minimum absolute atomic E-state index is 0.0947. The monoisotopic (exact) mass is 373 g/mol. The maximum Gasteiger partial charge on any atom is 0.268 e. The third-order valence-corrected chi connectivity index (χ3v) is 5.62. The van der Waals surface area contributed by atoms with E-state index in [1.165, 1.54) is 16.9 Å². The molecule has 130 valence electrons.